The van der Waals surface area contributed by atoms with Gasteiger partial charge in [-0.25, -0.2) is 0 Å². The zero-order valence-corrected chi connectivity index (χ0v) is 14.4. The number of carbonyl (C=O) groups is 2. The second kappa shape index (κ2) is 7.93. The minimum Gasteiger partial charge on any atom is -0.352 e. The van der Waals surface area contributed by atoms with E-state index in [0.717, 1.165) is 9.99 Å². The SMILES string of the molecule is CCCNC(=O)c1cccc(NC(=O)c2cccc(I)c2)c1. The van der Waals surface area contributed by atoms with Crippen LogP contribution in [0.4, 0.5) is 5.69 Å². The molecule has 2 amide bonds. The topological polar surface area (TPSA) is 58.2 Å². The van der Waals surface area contributed by atoms with Crippen LogP contribution in [0.5, 0.6) is 0 Å². The molecular formula is C17H17IN2O2. The molecule has 0 aliphatic carbocycles. The number of amides is 2. The Balaban J connectivity index is 2.10. The van der Waals surface area contributed by atoms with Gasteiger partial charge in [-0.2, -0.15) is 0 Å². The number of nitrogens with one attached hydrogen (secondary N) is 2. The molecule has 0 aromatic heterocycles. The van der Waals surface area contributed by atoms with Gasteiger partial charge >= 0.3 is 0 Å². The summed E-state index contributed by atoms with van der Waals surface area (Å²) >= 11 is 2.16. The van der Waals surface area contributed by atoms with Crippen molar-refractivity contribution < 1.29 is 9.59 Å². The zero-order valence-electron chi connectivity index (χ0n) is 12.2. The molecule has 0 spiro atoms. The van der Waals surface area contributed by atoms with Gasteiger partial charge in [-0.15, -0.1) is 0 Å². The van der Waals surface area contributed by atoms with Gasteiger partial charge in [0, 0.05) is 26.9 Å². The van der Waals surface area contributed by atoms with E-state index in [1.807, 2.05) is 25.1 Å². The average molecular weight is 408 g/mol. The number of rotatable bonds is 5. The molecular weight excluding hydrogens is 391 g/mol. The van der Waals surface area contributed by atoms with Gasteiger partial charge in [-0.3, -0.25) is 9.59 Å². The highest BCUT2D eigenvalue weighted by Gasteiger charge is 2.09. The number of hydrogen-bond donors (Lipinski definition) is 2. The van der Waals surface area contributed by atoms with Crippen molar-refractivity contribution >= 4 is 40.1 Å². The van der Waals surface area contributed by atoms with Crippen molar-refractivity contribution in [2.75, 3.05) is 11.9 Å². The lowest BCUT2D eigenvalue weighted by atomic mass is 10.1. The van der Waals surface area contributed by atoms with Crippen LogP contribution in [0.2, 0.25) is 0 Å². The summed E-state index contributed by atoms with van der Waals surface area (Å²) < 4.78 is 0.998. The molecule has 0 bridgehead atoms. The molecule has 0 saturated carbocycles. The van der Waals surface area contributed by atoms with Crippen molar-refractivity contribution in [3.63, 3.8) is 0 Å². The largest absolute Gasteiger partial charge is 0.352 e. The average Bonchev–Trinajstić information content (AvgIpc) is 2.52. The molecule has 2 rings (SSSR count). The Labute approximate surface area is 143 Å². The van der Waals surface area contributed by atoms with Crippen molar-refractivity contribution in [3.05, 3.63) is 63.2 Å². The van der Waals surface area contributed by atoms with Crippen LogP contribution in [0.3, 0.4) is 0 Å². The van der Waals surface area contributed by atoms with Gasteiger partial charge in [-0.1, -0.05) is 19.1 Å². The number of hydrogen-bond acceptors (Lipinski definition) is 2. The summed E-state index contributed by atoms with van der Waals surface area (Å²) in [7, 11) is 0. The molecule has 0 fully saturated rings. The summed E-state index contributed by atoms with van der Waals surface area (Å²) in [6.07, 6.45) is 0.884. The first-order valence-electron chi connectivity index (χ1n) is 7.05. The second-order valence-electron chi connectivity index (χ2n) is 4.80. The van der Waals surface area contributed by atoms with E-state index in [9.17, 15) is 9.59 Å². The lowest BCUT2D eigenvalue weighted by molar-refractivity contribution is 0.0952. The van der Waals surface area contributed by atoms with Crippen LogP contribution >= 0.6 is 22.6 Å². The Morgan fingerprint density at radius 1 is 1.00 bits per heavy atom. The van der Waals surface area contributed by atoms with Crippen molar-refractivity contribution in [1.29, 1.82) is 0 Å². The van der Waals surface area contributed by atoms with E-state index < -0.39 is 0 Å². The van der Waals surface area contributed by atoms with Crippen molar-refractivity contribution in [1.82, 2.24) is 5.32 Å². The molecule has 4 nitrogen and oxygen atoms in total. The van der Waals surface area contributed by atoms with Gasteiger partial charge in [0.05, 0.1) is 0 Å². The standard InChI is InChI=1S/C17H17IN2O2/c1-2-9-19-16(21)13-6-4-8-15(11-13)20-17(22)12-5-3-7-14(18)10-12/h3-8,10-11H,2,9H2,1H3,(H,19,21)(H,20,22). The molecule has 0 atom stereocenters. The monoisotopic (exact) mass is 408 g/mol. The first-order chi connectivity index (χ1) is 10.6. The highest BCUT2D eigenvalue weighted by atomic mass is 127. The summed E-state index contributed by atoms with van der Waals surface area (Å²) in [5.74, 6) is -0.322. The molecule has 2 aromatic rings. The smallest absolute Gasteiger partial charge is 0.255 e. The van der Waals surface area contributed by atoms with Gasteiger partial charge < -0.3 is 10.6 Å². The summed E-state index contributed by atoms with van der Waals surface area (Å²) in [5.41, 5.74) is 1.73. The van der Waals surface area contributed by atoms with Crippen LogP contribution in [-0.4, -0.2) is 18.4 Å². The third-order valence-electron chi connectivity index (χ3n) is 3.00. The molecule has 0 aliphatic rings. The van der Waals surface area contributed by atoms with Crippen LogP contribution in [-0.2, 0) is 0 Å². The van der Waals surface area contributed by atoms with Gasteiger partial charge in [0.25, 0.3) is 11.8 Å². The Morgan fingerprint density at radius 2 is 1.68 bits per heavy atom. The fourth-order valence-corrected chi connectivity index (χ4v) is 2.45. The number of benzene rings is 2. The summed E-state index contributed by atoms with van der Waals surface area (Å²) in [4.78, 5) is 24.1. The van der Waals surface area contributed by atoms with E-state index in [0.29, 0.717) is 23.4 Å². The predicted octanol–water partition coefficient (Wildman–Crippen LogP) is 3.68. The Kier molecular flexibility index (Phi) is 5.94. The predicted molar refractivity (Wildman–Crippen MR) is 96.2 cm³/mol. The minimum absolute atomic E-state index is 0.132. The first-order valence-corrected chi connectivity index (χ1v) is 8.13. The number of anilines is 1. The van der Waals surface area contributed by atoms with E-state index in [4.69, 9.17) is 0 Å². The molecule has 0 unspecified atom stereocenters. The van der Waals surface area contributed by atoms with E-state index in [-0.39, 0.29) is 11.8 Å². The first kappa shape index (κ1) is 16.5. The van der Waals surface area contributed by atoms with Crippen LogP contribution in [0.25, 0.3) is 0 Å². The normalized spacial score (nSPS) is 10.1. The van der Waals surface area contributed by atoms with Crippen LogP contribution in [0.15, 0.2) is 48.5 Å². The highest BCUT2D eigenvalue weighted by molar-refractivity contribution is 14.1. The molecule has 0 heterocycles. The van der Waals surface area contributed by atoms with Crippen molar-refractivity contribution in [3.8, 4) is 0 Å². The minimum atomic E-state index is -0.190. The van der Waals surface area contributed by atoms with Crippen LogP contribution in [0, 0.1) is 3.57 Å². The number of halogens is 1. The third kappa shape index (κ3) is 4.56. The molecule has 114 valence electrons. The fraction of sp³-hybridized carbons (Fsp3) is 0.176. The Hall–Kier alpha value is -1.89. The fourth-order valence-electron chi connectivity index (χ4n) is 1.91. The zero-order chi connectivity index (χ0) is 15.9. The van der Waals surface area contributed by atoms with Gasteiger partial charge in [0.15, 0.2) is 0 Å². The van der Waals surface area contributed by atoms with E-state index in [1.165, 1.54) is 0 Å². The number of carbonyl (C=O) groups excluding carboxylic acids is 2. The Morgan fingerprint density at radius 3 is 2.36 bits per heavy atom. The van der Waals surface area contributed by atoms with Crippen LogP contribution < -0.4 is 10.6 Å². The van der Waals surface area contributed by atoms with Gasteiger partial charge in [-0.05, 0) is 65.4 Å². The van der Waals surface area contributed by atoms with Gasteiger partial charge in [0.1, 0.15) is 0 Å². The molecule has 22 heavy (non-hydrogen) atoms. The molecule has 2 N–H and O–H groups in total. The lowest BCUT2D eigenvalue weighted by Crippen LogP contribution is -2.24. The maximum atomic E-state index is 12.2. The third-order valence-corrected chi connectivity index (χ3v) is 3.68. The second-order valence-corrected chi connectivity index (χ2v) is 6.05. The maximum Gasteiger partial charge on any atom is 0.255 e. The van der Waals surface area contributed by atoms with E-state index in [2.05, 4.69) is 33.2 Å². The van der Waals surface area contributed by atoms with Crippen LogP contribution in [0.1, 0.15) is 34.1 Å². The Bertz CT molecular complexity index is 686. The molecule has 0 radical (unpaired) electrons. The molecule has 0 saturated heterocycles. The lowest BCUT2D eigenvalue weighted by Gasteiger charge is -2.08. The van der Waals surface area contributed by atoms with Gasteiger partial charge in [0.2, 0.25) is 0 Å². The molecule has 2 aromatic carbocycles. The summed E-state index contributed by atoms with van der Waals surface area (Å²) in [5, 5.41) is 5.63. The highest BCUT2D eigenvalue weighted by Crippen LogP contribution is 2.14. The quantitative estimate of drug-likeness (QED) is 0.742. The van der Waals surface area contributed by atoms with E-state index >= 15 is 0 Å². The summed E-state index contributed by atoms with van der Waals surface area (Å²) in [6.45, 7) is 2.63. The van der Waals surface area contributed by atoms with Crippen molar-refractivity contribution in [2.24, 2.45) is 0 Å². The summed E-state index contributed by atoms with van der Waals surface area (Å²) in [6, 6.07) is 14.3. The van der Waals surface area contributed by atoms with Crippen molar-refractivity contribution in [2.45, 2.75) is 13.3 Å². The van der Waals surface area contributed by atoms with E-state index in [1.54, 1.807) is 30.3 Å². The maximum absolute atomic E-state index is 12.2. The molecule has 5 heteroatoms. The molecule has 0 aliphatic heterocycles.